The van der Waals surface area contributed by atoms with Crippen LogP contribution in [0.15, 0.2) is 42.5 Å². The molecule has 0 radical (unpaired) electrons. The molecule has 0 N–H and O–H groups in total. The number of rotatable bonds is 5. The topological polar surface area (TPSA) is 76.2 Å². The van der Waals surface area contributed by atoms with E-state index in [2.05, 4.69) is 0 Å². The predicted octanol–water partition coefficient (Wildman–Crippen LogP) is 2.88. The minimum atomic E-state index is -0.612. The third-order valence-electron chi connectivity index (χ3n) is 5.83. The summed E-state index contributed by atoms with van der Waals surface area (Å²) < 4.78 is 10.7. The maximum Gasteiger partial charge on any atom is 0.311 e. The van der Waals surface area contributed by atoms with Gasteiger partial charge in [-0.3, -0.25) is 14.4 Å². The third-order valence-corrected chi connectivity index (χ3v) is 5.83. The predicted molar refractivity (Wildman–Crippen MR) is 116 cm³/mol. The second-order valence-electron chi connectivity index (χ2n) is 7.97. The van der Waals surface area contributed by atoms with Gasteiger partial charge in [-0.2, -0.15) is 0 Å². The van der Waals surface area contributed by atoms with E-state index in [-0.39, 0.29) is 31.4 Å². The SMILES string of the molecule is COc1ccc(C)cc1N1C[C@H](C(=O)OCC(=O)N2CCCc3ccccc32)CC1=O. The molecule has 31 heavy (non-hydrogen) atoms. The number of fused-ring (bicyclic) bond motifs is 1. The molecule has 2 aliphatic rings. The van der Waals surface area contributed by atoms with E-state index >= 15 is 0 Å². The van der Waals surface area contributed by atoms with Crippen molar-refractivity contribution < 1.29 is 23.9 Å². The normalized spacial score (nSPS) is 18.0. The number of anilines is 2. The molecule has 0 aromatic heterocycles. The van der Waals surface area contributed by atoms with E-state index in [1.807, 2.05) is 43.3 Å². The highest BCUT2D eigenvalue weighted by Gasteiger charge is 2.37. The zero-order valence-corrected chi connectivity index (χ0v) is 17.8. The number of amides is 2. The van der Waals surface area contributed by atoms with Crippen LogP contribution in [0.1, 0.15) is 24.0 Å². The first kappa shape index (κ1) is 20.9. The lowest BCUT2D eigenvalue weighted by Gasteiger charge is -2.29. The third kappa shape index (κ3) is 4.26. The van der Waals surface area contributed by atoms with Crippen LogP contribution in [0.2, 0.25) is 0 Å². The second-order valence-corrected chi connectivity index (χ2v) is 7.97. The van der Waals surface area contributed by atoms with Crippen LogP contribution in [0.25, 0.3) is 0 Å². The Labute approximate surface area is 181 Å². The van der Waals surface area contributed by atoms with Gasteiger partial charge in [0, 0.05) is 25.2 Å². The van der Waals surface area contributed by atoms with Gasteiger partial charge >= 0.3 is 5.97 Å². The Bertz CT molecular complexity index is 1020. The Morgan fingerprint density at radius 1 is 1.13 bits per heavy atom. The van der Waals surface area contributed by atoms with E-state index in [0.717, 1.165) is 29.7 Å². The van der Waals surface area contributed by atoms with Gasteiger partial charge in [-0.05, 0) is 49.1 Å². The van der Waals surface area contributed by atoms with Gasteiger partial charge in [-0.15, -0.1) is 0 Å². The van der Waals surface area contributed by atoms with Crippen molar-refractivity contribution in [3.05, 3.63) is 53.6 Å². The monoisotopic (exact) mass is 422 g/mol. The van der Waals surface area contributed by atoms with Gasteiger partial charge in [-0.25, -0.2) is 0 Å². The second kappa shape index (κ2) is 8.79. The highest BCUT2D eigenvalue weighted by Crippen LogP contribution is 2.34. The lowest BCUT2D eigenvalue weighted by atomic mass is 10.0. The minimum absolute atomic E-state index is 0.0522. The first-order valence-electron chi connectivity index (χ1n) is 10.5. The number of hydrogen-bond acceptors (Lipinski definition) is 5. The van der Waals surface area contributed by atoms with Crippen molar-refractivity contribution in [1.29, 1.82) is 0 Å². The molecule has 162 valence electrons. The largest absolute Gasteiger partial charge is 0.495 e. The van der Waals surface area contributed by atoms with Gasteiger partial charge < -0.3 is 19.3 Å². The lowest BCUT2D eigenvalue weighted by Crippen LogP contribution is -2.39. The highest BCUT2D eigenvalue weighted by atomic mass is 16.5. The van der Waals surface area contributed by atoms with Crippen molar-refractivity contribution in [2.24, 2.45) is 5.92 Å². The quantitative estimate of drug-likeness (QED) is 0.693. The molecule has 7 nitrogen and oxygen atoms in total. The molecule has 2 amide bonds. The van der Waals surface area contributed by atoms with Crippen LogP contribution in [0.5, 0.6) is 5.75 Å². The van der Waals surface area contributed by atoms with E-state index in [0.29, 0.717) is 18.0 Å². The summed E-state index contributed by atoms with van der Waals surface area (Å²) in [5, 5.41) is 0. The van der Waals surface area contributed by atoms with Crippen LogP contribution in [0.3, 0.4) is 0 Å². The average Bonchev–Trinajstić information content (AvgIpc) is 3.18. The van der Waals surface area contributed by atoms with E-state index < -0.39 is 11.9 Å². The summed E-state index contributed by atoms with van der Waals surface area (Å²) in [5.41, 5.74) is 3.63. The summed E-state index contributed by atoms with van der Waals surface area (Å²) in [5.74, 6) is -0.976. The van der Waals surface area contributed by atoms with Crippen molar-refractivity contribution in [3.8, 4) is 5.75 Å². The molecule has 0 saturated carbocycles. The summed E-state index contributed by atoms with van der Waals surface area (Å²) in [4.78, 5) is 41.1. The lowest BCUT2D eigenvalue weighted by molar-refractivity contribution is -0.151. The molecule has 1 atom stereocenters. The van der Waals surface area contributed by atoms with Crippen LogP contribution in [0.4, 0.5) is 11.4 Å². The summed E-state index contributed by atoms with van der Waals surface area (Å²) in [7, 11) is 1.55. The molecule has 0 aliphatic carbocycles. The van der Waals surface area contributed by atoms with E-state index in [1.54, 1.807) is 23.0 Å². The molecule has 7 heteroatoms. The maximum atomic E-state index is 12.7. The van der Waals surface area contributed by atoms with Crippen LogP contribution < -0.4 is 14.5 Å². The number of methoxy groups -OCH3 is 1. The molecular weight excluding hydrogens is 396 g/mol. The number of nitrogens with zero attached hydrogens (tertiary/aromatic N) is 2. The van der Waals surface area contributed by atoms with E-state index in [9.17, 15) is 14.4 Å². The highest BCUT2D eigenvalue weighted by molar-refractivity contribution is 6.01. The van der Waals surface area contributed by atoms with Crippen molar-refractivity contribution in [3.63, 3.8) is 0 Å². The number of carbonyl (C=O) groups excluding carboxylic acids is 3. The zero-order valence-electron chi connectivity index (χ0n) is 17.8. The van der Waals surface area contributed by atoms with Gasteiger partial charge in [0.25, 0.3) is 5.91 Å². The van der Waals surface area contributed by atoms with Gasteiger partial charge in [0.15, 0.2) is 6.61 Å². The van der Waals surface area contributed by atoms with E-state index in [4.69, 9.17) is 9.47 Å². The van der Waals surface area contributed by atoms with Crippen molar-refractivity contribution >= 4 is 29.2 Å². The zero-order chi connectivity index (χ0) is 22.0. The van der Waals surface area contributed by atoms with Gasteiger partial charge in [0.1, 0.15) is 5.75 Å². The molecule has 2 heterocycles. The molecule has 4 rings (SSSR count). The van der Waals surface area contributed by atoms with E-state index in [1.165, 1.54) is 0 Å². The van der Waals surface area contributed by atoms with Crippen LogP contribution in [-0.4, -0.2) is 44.6 Å². The minimum Gasteiger partial charge on any atom is -0.495 e. The van der Waals surface area contributed by atoms with Crippen LogP contribution in [-0.2, 0) is 25.5 Å². The molecule has 0 bridgehead atoms. The molecule has 1 fully saturated rings. The van der Waals surface area contributed by atoms with Gasteiger partial charge in [-0.1, -0.05) is 24.3 Å². The first-order valence-corrected chi connectivity index (χ1v) is 10.5. The fraction of sp³-hybridized carbons (Fsp3) is 0.375. The number of aryl methyl sites for hydroxylation is 2. The van der Waals surface area contributed by atoms with Crippen LogP contribution >= 0.6 is 0 Å². The Hall–Kier alpha value is -3.35. The number of benzene rings is 2. The Kier molecular flexibility index (Phi) is 5.93. The van der Waals surface area contributed by atoms with Gasteiger partial charge in [0.2, 0.25) is 5.91 Å². The fourth-order valence-electron chi connectivity index (χ4n) is 4.23. The summed E-state index contributed by atoms with van der Waals surface area (Å²) in [6, 6.07) is 13.4. The Morgan fingerprint density at radius 3 is 2.74 bits per heavy atom. The molecule has 2 aliphatic heterocycles. The standard InChI is InChI=1S/C24H26N2O5/c1-16-9-10-21(30-2)20(12-16)26-14-18(13-22(26)27)24(29)31-15-23(28)25-11-5-7-17-6-3-4-8-19(17)25/h3-4,6,8-10,12,18H,5,7,11,13-15H2,1-2H3/t18-/m1/s1. The number of carbonyl (C=O) groups is 3. The maximum absolute atomic E-state index is 12.7. The number of hydrogen-bond donors (Lipinski definition) is 0. The van der Waals surface area contributed by atoms with Crippen molar-refractivity contribution in [1.82, 2.24) is 0 Å². The molecule has 0 spiro atoms. The summed E-state index contributed by atoms with van der Waals surface area (Å²) >= 11 is 0. The van der Waals surface area contributed by atoms with Crippen LogP contribution in [0, 0.1) is 12.8 Å². The smallest absolute Gasteiger partial charge is 0.311 e. The number of ether oxygens (including phenoxy) is 2. The molecular formula is C24H26N2O5. The first-order chi connectivity index (χ1) is 15.0. The fourth-order valence-corrected chi connectivity index (χ4v) is 4.23. The Balaban J connectivity index is 1.39. The summed E-state index contributed by atoms with van der Waals surface area (Å²) in [6.45, 7) is 2.42. The van der Waals surface area contributed by atoms with Crippen molar-refractivity contribution in [2.45, 2.75) is 26.2 Å². The molecule has 2 aromatic rings. The summed E-state index contributed by atoms with van der Waals surface area (Å²) in [6.07, 6.45) is 1.86. The molecule has 0 unspecified atom stereocenters. The average molecular weight is 422 g/mol. The number of esters is 1. The van der Waals surface area contributed by atoms with Gasteiger partial charge in [0.05, 0.1) is 18.7 Å². The Morgan fingerprint density at radius 2 is 1.94 bits per heavy atom. The number of para-hydroxylation sites is 1. The van der Waals surface area contributed by atoms with Crippen molar-refractivity contribution in [2.75, 3.05) is 36.6 Å². The molecule has 1 saturated heterocycles. The molecule has 2 aromatic carbocycles.